The standard InChI is InChI=1S/C17H25BN2O3/c1-16(2)17(3,4)23-18(22-16)13-7-8-21-15(9-13)12-10-19-20(11-12)14-5-6-14/h9-11,14-15H,5-8H2,1-4H3. The first-order valence-electron chi connectivity index (χ1n) is 8.58. The van der Waals surface area contributed by atoms with Crippen LogP contribution in [-0.2, 0) is 14.0 Å². The Morgan fingerprint density at radius 2 is 1.87 bits per heavy atom. The third kappa shape index (κ3) is 2.77. The minimum Gasteiger partial charge on any atom is -0.400 e. The summed E-state index contributed by atoms with van der Waals surface area (Å²) in [7, 11) is -0.273. The Kier molecular flexibility index (Phi) is 3.48. The van der Waals surface area contributed by atoms with E-state index in [1.54, 1.807) is 0 Å². The summed E-state index contributed by atoms with van der Waals surface area (Å²) in [6, 6.07) is 0.596. The van der Waals surface area contributed by atoms with Gasteiger partial charge >= 0.3 is 7.12 Å². The molecule has 124 valence electrons. The highest BCUT2D eigenvalue weighted by Gasteiger charge is 2.52. The van der Waals surface area contributed by atoms with Gasteiger partial charge in [0, 0.05) is 11.8 Å². The fourth-order valence-electron chi connectivity index (χ4n) is 3.05. The van der Waals surface area contributed by atoms with Gasteiger partial charge in [0.05, 0.1) is 30.0 Å². The lowest BCUT2D eigenvalue weighted by Gasteiger charge is -2.32. The second kappa shape index (κ2) is 5.20. The maximum Gasteiger partial charge on any atom is 0.490 e. The van der Waals surface area contributed by atoms with E-state index in [0.717, 1.165) is 12.0 Å². The van der Waals surface area contributed by atoms with E-state index in [-0.39, 0.29) is 24.4 Å². The Hall–Kier alpha value is -1.11. The Bertz CT molecular complexity index is 618. The monoisotopic (exact) mass is 316 g/mol. The van der Waals surface area contributed by atoms with Crippen molar-refractivity contribution >= 4 is 7.12 Å². The molecule has 3 heterocycles. The fraction of sp³-hybridized carbons (Fsp3) is 0.706. The van der Waals surface area contributed by atoms with Crippen molar-refractivity contribution in [2.75, 3.05) is 6.61 Å². The third-order valence-corrected chi connectivity index (χ3v) is 5.48. The molecule has 1 aliphatic carbocycles. The summed E-state index contributed by atoms with van der Waals surface area (Å²) in [6.45, 7) is 9.04. The van der Waals surface area contributed by atoms with Crippen LogP contribution in [0.4, 0.5) is 0 Å². The molecule has 0 aromatic carbocycles. The fourth-order valence-corrected chi connectivity index (χ4v) is 3.05. The van der Waals surface area contributed by atoms with Crippen molar-refractivity contribution in [1.29, 1.82) is 0 Å². The van der Waals surface area contributed by atoms with Crippen molar-refractivity contribution in [2.24, 2.45) is 0 Å². The average molecular weight is 316 g/mol. The number of ether oxygens (including phenoxy) is 1. The maximum absolute atomic E-state index is 6.17. The van der Waals surface area contributed by atoms with Gasteiger partial charge in [0.1, 0.15) is 6.10 Å². The Balaban J connectivity index is 1.53. The molecular weight excluding hydrogens is 291 g/mol. The van der Waals surface area contributed by atoms with E-state index < -0.39 is 0 Å². The number of nitrogens with zero attached hydrogens (tertiary/aromatic N) is 2. The molecule has 6 heteroatoms. The molecule has 1 aromatic rings. The van der Waals surface area contributed by atoms with Crippen LogP contribution in [0.1, 0.15) is 64.7 Å². The molecule has 1 saturated heterocycles. The van der Waals surface area contributed by atoms with Gasteiger partial charge in [-0.15, -0.1) is 0 Å². The van der Waals surface area contributed by atoms with Crippen molar-refractivity contribution < 1.29 is 14.0 Å². The molecule has 1 unspecified atom stereocenters. The summed E-state index contributed by atoms with van der Waals surface area (Å²) < 4.78 is 20.3. The topological polar surface area (TPSA) is 45.5 Å². The lowest BCUT2D eigenvalue weighted by atomic mass is 9.74. The second-order valence-corrected chi connectivity index (χ2v) is 7.86. The van der Waals surface area contributed by atoms with E-state index in [2.05, 4.69) is 49.7 Å². The molecule has 0 amide bonds. The highest BCUT2D eigenvalue weighted by atomic mass is 16.7. The minimum atomic E-state index is -0.302. The van der Waals surface area contributed by atoms with E-state index in [9.17, 15) is 0 Å². The van der Waals surface area contributed by atoms with Gasteiger partial charge in [0.15, 0.2) is 0 Å². The van der Waals surface area contributed by atoms with E-state index in [4.69, 9.17) is 14.0 Å². The molecular formula is C17H25BN2O3. The molecule has 0 radical (unpaired) electrons. The van der Waals surface area contributed by atoms with Gasteiger partial charge in [-0.05, 0) is 52.4 Å². The zero-order valence-corrected chi connectivity index (χ0v) is 14.4. The number of hydrogen-bond donors (Lipinski definition) is 0. The highest BCUT2D eigenvalue weighted by molar-refractivity contribution is 6.54. The van der Waals surface area contributed by atoms with Crippen molar-refractivity contribution in [1.82, 2.24) is 9.78 Å². The molecule has 4 rings (SSSR count). The molecule has 2 aliphatic heterocycles. The zero-order chi connectivity index (χ0) is 16.2. The van der Waals surface area contributed by atoms with Crippen LogP contribution in [0.3, 0.4) is 0 Å². The Labute approximate surface area is 138 Å². The summed E-state index contributed by atoms with van der Waals surface area (Å²) >= 11 is 0. The lowest BCUT2D eigenvalue weighted by Crippen LogP contribution is -2.41. The van der Waals surface area contributed by atoms with Crippen molar-refractivity contribution in [3.8, 4) is 0 Å². The van der Waals surface area contributed by atoms with E-state index in [1.165, 1.54) is 18.3 Å². The lowest BCUT2D eigenvalue weighted by molar-refractivity contribution is 0.00578. The quantitative estimate of drug-likeness (QED) is 0.803. The second-order valence-electron chi connectivity index (χ2n) is 7.86. The molecule has 0 N–H and O–H groups in total. The van der Waals surface area contributed by atoms with Crippen LogP contribution in [0.5, 0.6) is 0 Å². The van der Waals surface area contributed by atoms with Crippen molar-refractivity contribution in [3.05, 3.63) is 29.5 Å². The number of rotatable bonds is 3. The van der Waals surface area contributed by atoms with Gasteiger partial charge in [0.2, 0.25) is 0 Å². The first-order valence-corrected chi connectivity index (χ1v) is 8.58. The normalized spacial score (nSPS) is 29.7. The average Bonchev–Trinajstić information content (AvgIpc) is 3.18. The van der Waals surface area contributed by atoms with Crippen LogP contribution in [0.15, 0.2) is 23.9 Å². The Morgan fingerprint density at radius 1 is 1.17 bits per heavy atom. The summed E-state index contributed by atoms with van der Waals surface area (Å²) in [4.78, 5) is 0. The molecule has 2 fully saturated rings. The smallest absolute Gasteiger partial charge is 0.400 e. The predicted molar refractivity (Wildman–Crippen MR) is 88.0 cm³/mol. The summed E-state index contributed by atoms with van der Waals surface area (Å²) in [5, 5.41) is 4.47. The van der Waals surface area contributed by atoms with Crippen LogP contribution in [0.2, 0.25) is 0 Å². The van der Waals surface area contributed by atoms with Crippen molar-refractivity contribution in [2.45, 2.75) is 70.3 Å². The molecule has 1 aromatic heterocycles. The van der Waals surface area contributed by atoms with E-state index in [0.29, 0.717) is 12.6 Å². The largest absolute Gasteiger partial charge is 0.490 e. The van der Waals surface area contributed by atoms with Crippen molar-refractivity contribution in [3.63, 3.8) is 0 Å². The van der Waals surface area contributed by atoms with Gasteiger partial charge in [-0.2, -0.15) is 5.10 Å². The number of hydrogen-bond acceptors (Lipinski definition) is 4. The molecule has 3 aliphatic rings. The first kappa shape index (κ1) is 15.4. The van der Waals surface area contributed by atoms with Crippen LogP contribution in [0.25, 0.3) is 0 Å². The van der Waals surface area contributed by atoms with E-state index in [1.807, 2.05) is 6.20 Å². The minimum absolute atomic E-state index is 0.0507. The summed E-state index contributed by atoms with van der Waals surface area (Å²) in [5.41, 5.74) is 1.69. The molecule has 1 atom stereocenters. The third-order valence-electron chi connectivity index (χ3n) is 5.48. The maximum atomic E-state index is 6.17. The van der Waals surface area contributed by atoms with Gasteiger partial charge in [-0.3, -0.25) is 4.68 Å². The van der Waals surface area contributed by atoms with E-state index >= 15 is 0 Å². The summed E-state index contributed by atoms with van der Waals surface area (Å²) in [5.74, 6) is 0. The van der Waals surface area contributed by atoms with Gasteiger partial charge < -0.3 is 14.0 Å². The molecule has 23 heavy (non-hydrogen) atoms. The number of aromatic nitrogens is 2. The summed E-state index contributed by atoms with van der Waals surface area (Å²) in [6.07, 6.45) is 9.47. The molecule has 1 saturated carbocycles. The van der Waals surface area contributed by atoms with Gasteiger partial charge in [-0.1, -0.05) is 6.08 Å². The first-order chi connectivity index (χ1) is 10.9. The van der Waals surface area contributed by atoms with Crippen LogP contribution in [-0.4, -0.2) is 34.7 Å². The van der Waals surface area contributed by atoms with Gasteiger partial charge in [-0.25, -0.2) is 0 Å². The Morgan fingerprint density at radius 3 is 2.52 bits per heavy atom. The predicted octanol–water partition coefficient (Wildman–Crippen LogP) is 3.24. The van der Waals surface area contributed by atoms with Crippen LogP contribution in [0, 0.1) is 0 Å². The van der Waals surface area contributed by atoms with Gasteiger partial charge in [0.25, 0.3) is 0 Å². The SMILES string of the molecule is CC1(C)OB(C2=CC(c3cnn(C4CC4)c3)OCC2)OC1(C)C. The highest BCUT2D eigenvalue weighted by Crippen LogP contribution is 2.41. The van der Waals surface area contributed by atoms with Crippen LogP contribution >= 0.6 is 0 Å². The van der Waals surface area contributed by atoms with Crippen LogP contribution < -0.4 is 0 Å². The zero-order valence-electron chi connectivity index (χ0n) is 14.4. The molecule has 0 spiro atoms. The molecule has 0 bridgehead atoms. The molecule has 5 nitrogen and oxygen atoms in total.